The maximum atomic E-state index is 15.1. The van der Waals surface area contributed by atoms with Gasteiger partial charge in [0.15, 0.2) is 11.6 Å². The molecular formula is C25H22F2N4O3. The van der Waals surface area contributed by atoms with Gasteiger partial charge in [-0.3, -0.25) is 4.79 Å². The number of nitrogens with zero attached hydrogens (tertiary/aromatic N) is 3. The highest BCUT2D eigenvalue weighted by Crippen LogP contribution is 2.21. The van der Waals surface area contributed by atoms with Gasteiger partial charge in [0.25, 0.3) is 5.56 Å². The van der Waals surface area contributed by atoms with E-state index in [2.05, 4.69) is 5.10 Å². The number of halogens is 2. The number of ether oxygens (including phenoxy) is 1. The molecule has 0 amide bonds. The lowest BCUT2D eigenvalue weighted by Crippen LogP contribution is -2.44. The molecule has 7 nitrogen and oxygen atoms in total. The maximum Gasteiger partial charge on any atom is 0.352 e. The molecule has 0 radical (unpaired) electrons. The van der Waals surface area contributed by atoms with E-state index in [1.807, 2.05) is 18.2 Å². The first-order valence-electron chi connectivity index (χ1n) is 10.5. The number of hydrogen-bond donors (Lipinski definition) is 1. The molecule has 1 unspecified atom stereocenters. The predicted molar refractivity (Wildman–Crippen MR) is 123 cm³/mol. The van der Waals surface area contributed by atoms with E-state index >= 15 is 4.39 Å². The molecule has 0 saturated heterocycles. The van der Waals surface area contributed by atoms with Gasteiger partial charge in [-0.1, -0.05) is 54.6 Å². The Morgan fingerprint density at radius 1 is 0.971 bits per heavy atom. The van der Waals surface area contributed by atoms with Gasteiger partial charge in [0.05, 0.1) is 19.3 Å². The Morgan fingerprint density at radius 3 is 2.38 bits per heavy atom. The largest absolute Gasteiger partial charge is 0.494 e. The predicted octanol–water partition coefficient (Wildman–Crippen LogP) is 2.97. The molecule has 0 aliphatic heterocycles. The highest BCUT2D eigenvalue weighted by atomic mass is 19.1. The molecule has 0 aliphatic carbocycles. The summed E-state index contributed by atoms with van der Waals surface area (Å²) in [5, 5.41) is 4.20. The molecule has 34 heavy (non-hydrogen) atoms. The van der Waals surface area contributed by atoms with Crippen molar-refractivity contribution in [3.8, 4) is 11.4 Å². The fraction of sp³-hybridized carbons (Fsp3) is 0.160. The fourth-order valence-corrected chi connectivity index (χ4v) is 3.65. The first-order chi connectivity index (χ1) is 16.4. The number of hydrogen-bond acceptors (Lipinski definition) is 5. The number of nitrogens with two attached hydrogens (primary N) is 1. The second-order valence-corrected chi connectivity index (χ2v) is 7.63. The van der Waals surface area contributed by atoms with Crippen molar-refractivity contribution in [1.82, 2.24) is 14.3 Å². The van der Waals surface area contributed by atoms with Crippen molar-refractivity contribution < 1.29 is 13.5 Å². The summed E-state index contributed by atoms with van der Waals surface area (Å²) in [6.45, 7) is -0.0843. The second kappa shape index (κ2) is 9.80. The third-order valence-corrected chi connectivity index (χ3v) is 5.42. The highest BCUT2D eigenvalue weighted by molar-refractivity contribution is 5.41. The quantitative estimate of drug-likeness (QED) is 0.454. The lowest BCUT2D eigenvalue weighted by Gasteiger charge is -2.17. The Labute approximate surface area is 193 Å². The summed E-state index contributed by atoms with van der Waals surface area (Å²) in [4.78, 5) is 26.6. The Balaban J connectivity index is 1.89. The van der Waals surface area contributed by atoms with Crippen LogP contribution >= 0.6 is 0 Å². The molecule has 1 heterocycles. The van der Waals surface area contributed by atoms with Crippen LogP contribution in [0.2, 0.25) is 0 Å². The van der Waals surface area contributed by atoms with Crippen LogP contribution in [0.1, 0.15) is 22.9 Å². The van der Waals surface area contributed by atoms with Gasteiger partial charge in [-0.15, -0.1) is 0 Å². The molecule has 9 heteroatoms. The maximum absolute atomic E-state index is 15.1. The van der Waals surface area contributed by atoms with Crippen LogP contribution in [-0.4, -0.2) is 21.5 Å². The molecule has 1 atom stereocenters. The van der Waals surface area contributed by atoms with Crippen molar-refractivity contribution in [3.05, 3.63) is 122 Å². The van der Waals surface area contributed by atoms with Crippen LogP contribution in [0.3, 0.4) is 0 Å². The van der Waals surface area contributed by atoms with Gasteiger partial charge >= 0.3 is 5.69 Å². The summed E-state index contributed by atoms with van der Waals surface area (Å²) < 4.78 is 36.0. The van der Waals surface area contributed by atoms with Gasteiger partial charge in [-0.05, 0) is 29.3 Å². The lowest BCUT2D eigenvalue weighted by molar-refractivity contribution is 0.384. The topological polar surface area (TPSA) is 92.1 Å². The van der Waals surface area contributed by atoms with Crippen LogP contribution in [0.5, 0.6) is 5.75 Å². The minimum Gasteiger partial charge on any atom is -0.494 e. The Bertz CT molecular complexity index is 1430. The average molecular weight is 464 g/mol. The molecule has 4 rings (SSSR count). The zero-order chi connectivity index (χ0) is 24.2. The van der Waals surface area contributed by atoms with E-state index < -0.39 is 28.9 Å². The molecule has 2 N–H and O–H groups in total. The van der Waals surface area contributed by atoms with Gasteiger partial charge in [-0.2, -0.15) is 5.10 Å². The van der Waals surface area contributed by atoms with E-state index in [0.717, 1.165) is 10.2 Å². The molecule has 174 valence electrons. The zero-order valence-corrected chi connectivity index (χ0v) is 18.3. The van der Waals surface area contributed by atoms with Crippen LogP contribution in [0.15, 0.2) is 82.4 Å². The minimum absolute atomic E-state index is 0.0843. The summed E-state index contributed by atoms with van der Waals surface area (Å²) in [6.07, 6.45) is -0.196. The molecule has 3 aromatic carbocycles. The van der Waals surface area contributed by atoms with Gasteiger partial charge in [0.1, 0.15) is 11.5 Å². The Morgan fingerprint density at radius 2 is 1.68 bits per heavy atom. The molecular weight excluding hydrogens is 442 g/mol. The summed E-state index contributed by atoms with van der Waals surface area (Å²) in [6, 6.07) is 18.5. The summed E-state index contributed by atoms with van der Waals surface area (Å²) in [5.74, 6) is -1.54. The van der Waals surface area contributed by atoms with Gasteiger partial charge in [0, 0.05) is 12.5 Å². The summed E-state index contributed by atoms with van der Waals surface area (Å²) >= 11 is 0. The molecule has 0 aliphatic rings. The van der Waals surface area contributed by atoms with Gasteiger partial charge in [0.2, 0.25) is 0 Å². The van der Waals surface area contributed by atoms with E-state index in [-0.39, 0.29) is 35.7 Å². The van der Waals surface area contributed by atoms with Crippen molar-refractivity contribution in [2.75, 3.05) is 7.11 Å². The second-order valence-electron chi connectivity index (χ2n) is 7.63. The highest BCUT2D eigenvalue weighted by Gasteiger charge is 2.21. The standard InChI is InChI=1S/C25H22F2N4O3/c1-34-22-13-7-12-21(23(22)27)31-24(32)20(14-17-10-5-6-11-18(17)26)29-30(25(31)33)15-19(28)16-8-3-2-4-9-16/h2-13,19H,14-15,28H2,1H3. The van der Waals surface area contributed by atoms with Crippen molar-refractivity contribution >= 4 is 0 Å². The number of methoxy groups -OCH3 is 1. The van der Waals surface area contributed by atoms with Crippen molar-refractivity contribution in [2.24, 2.45) is 5.73 Å². The molecule has 0 spiro atoms. The van der Waals surface area contributed by atoms with E-state index in [0.29, 0.717) is 4.57 Å². The van der Waals surface area contributed by atoms with Gasteiger partial charge < -0.3 is 10.5 Å². The SMILES string of the molecule is COc1cccc(-n2c(=O)c(Cc3ccccc3F)nn(CC(N)c3ccccc3)c2=O)c1F. The van der Waals surface area contributed by atoms with E-state index in [4.69, 9.17) is 10.5 Å². The third kappa shape index (κ3) is 4.51. The monoisotopic (exact) mass is 464 g/mol. The Hall–Kier alpha value is -4.11. The van der Waals surface area contributed by atoms with Crippen LogP contribution in [0.4, 0.5) is 8.78 Å². The van der Waals surface area contributed by atoms with Crippen LogP contribution in [-0.2, 0) is 13.0 Å². The first-order valence-corrected chi connectivity index (χ1v) is 10.5. The van der Waals surface area contributed by atoms with E-state index in [9.17, 15) is 14.0 Å². The number of benzene rings is 3. The van der Waals surface area contributed by atoms with Crippen LogP contribution < -0.4 is 21.7 Å². The van der Waals surface area contributed by atoms with Crippen molar-refractivity contribution in [1.29, 1.82) is 0 Å². The minimum atomic E-state index is -0.883. The summed E-state index contributed by atoms with van der Waals surface area (Å²) in [7, 11) is 1.28. The lowest BCUT2D eigenvalue weighted by atomic mass is 10.1. The van der Waals surface area contributed by atoms with E-state index in [1.165, 1.54) is 43.5 Å². The Kier molecular flexibility index (Phi) is 6.65. The first kappa shape index (κ1) is 23.1. The normalized spacial score (nSPS) is 11.9. The van der Waals surface area contributed by atoms with E-state index in [1.54, 1.807) is 18.2 Å². The molecule has 0 bridgehead atoms. The van der Waals surface area contributed by atoms with Crippen LogP contribution in [0.25, 0.3) is 5.69 Å². The molecule has 0 saturated carbocycles. The fourth-order valence-electron chi connectivity index (χ4n) is 3.65. The van der Waals surface area contributed by atoms with Crippen LogP contribution in [0, 0.1) is 11.6 Å². The number of rotatable bonds is 7. The summed E-state index contributed by atoms with van der Waals surface area (Å²) in [5.41, 5.74) is 5.08. The van der Waals surface area contributed by atoms with Crippen molar-refractivity contribution in [3.63, 3.8) is 0 Å². The molecule has 4 aromatic rings. The smallest absolute Gasteiger partial charge is 0.352 e. The third-order valence-electron chi connectivity index (χ3n) is 5.42. The van der Waals surface area contributed by atoms with Crippen molar-refractivity contribution in [2.45, 2.75) is 19.0 Å². The molecule has 0 fully saturated rings. The zero-order valence-electron chi connectivity index (χ0n) is 18.3. The van der Waals surface area contributed by atoms with Gasteiger partial charge in [-0.25, -0.2) is 22.8 Å². The average Bonchev–Trinajstić information content (AvgIpc) is 2.85. The number of aromatic nitrogens is 3. The molecule has 1 aromatic heterocycles.